The van der Waals surface area contributed by atoms with Gasteiger partial charge < -0.3 is 10.1 Å². The van der Waals surface area contributed by atoms with Crippen LogP contribution in [-0.2, 0) is 17.8 Å². The number of anilines is 1. The van der Waals surface area contributed by atoms with Crippen molar-refractivity contribution in [3.63, 3.8) is 0 Å². The summed E-state index contributed by atoms with van der Waals surface area (Å²) in [7, 11) is 0. The molecular weight excluding hydrogens is 384 g/mol. The van der Waals surface area contributed by atoms with E-state index in [1.807, 2.05) is 6.92 Å². The number of carbonyl (C=O) groups excluding carboxylic acids is 2. The molecule has 2 heterocycles. The molecule has 0 atom stereocenters. The molecule has 2 aromatic heterocycles. The lowest BCUT2D eigenvalue weighted by Crippen LogP contribution is -2.25. The Balaban J connectivity index is 1.59. The van der Waals surface area contributed by atoms with E-state index in [0.29, 0.717) is 17.5 Å². The van der Waals surface area contributed by atoms with Crippen LogP contribution in [-0.4, -0.2) is 39.8 Å². The zero-order chi connectivity index (χ0) is 20.8. The Hall–Kier alpha value is -3.17. The standard InChI is InChI=1S/C19H21F2N5O3/c1-2-12-7-11(9-24-18(12)29-10-15(20)21)8-23-17(28)14-5-6-22-19(25-14)26-16(27)13-3-4-13/h5-7,9,13,15H,2-4,8,10H2,1H3,(H,23,28)(H,22,25,26,27). The SMILES string of the molecule is CCc1cc(CNC(=O)c2ccnc(NC(=O)C3CC3)n2)cnc1OCC(F)F. The van der Waals surface area contributed by atoms with Crippen LogP contribution in [0.15, 0.2) is 24.5 Å². The maximum Gasteiger partial charge on any atom is 0.272 e. The number of aryl methyl sites for hydroxylation is 1. The summed E-state index contributed by atoms with van der Waals surface area (Å²) in [6.07, 6.45) is 2.53. The average molecular weight is 405 g/mol. The molecule has 0 aromatic carbocycles. The fraction of sp³-hybridized carbons (Fsp3) is 0.421. The molecule has 0 bridgehead atoms. The first-order chi connectivity index (χ1) is 14.0. The molecule has 1 aliphatic rings. The van der Waals surface area contributed by atoms with Gasteiger partial charge in [0.1, 0.15) is 5.69 Å². The van der Waals surface area contributed by atoms with Crippen LogP contribution in [0.5, 0.6) is 5.88 Å². The van der Waals surface area contributed by atoms with Crippen molar-refractivity contribution in [2.45, 2.75) is 39.2 Å². The molecule has 0 unspecified atom stereocenters. The fourth-order valence-corrected chi connectivity index (χ4v) is 2.55. The molecule has 0 saturated heterocycles. The predicted octanol–water partition coefficient (Wildman–Crippen LogP) is 2.36. The van der Waals surface area contributed by atoms with E-state index in [4.69, 9.17) is 4.74 Å². The Bertz CT molecular complexity index is 890. The third-order valence-electron chi connectivity index (χ3n) is 4.23. The van der Waals surface area contributed by atoms with Crippen molar-refractivity contribution in [1.82, 2.24) is 20.3 Å². The highest BCUT2D eigenvalue weighted by Gasteiger charge is 2.30. The molecule has 1 aliphatic carbocycles. The molecular formula is C19H21F2N5O3. The van der Waals surface area contributed by atoms with Crippen molar-refractivity contribution < 1.29 is 23.1 Å². The van der Waals surface area contributed by atoms with Gasteiger partial charge in [0.2, 0.25) is 17.7 Å². The Kier molecular flexibility index (Phi) is 6.63. The predicted molar refractivity (Wildman–Crippen MR) is 99.7 cm³/mol. The van der Waals surface area contributed by atoms with Gasteiger partial charge in [0.25, 0.3) is 12.3 Å². The minimum Gasteiger partial charge on any atom is -0.471 e. The lowest BCUT2D eigenvalue weighted by molar-refractivity contribution is -0.117. The van der Waals surface area contributed by atoms with E-state index < -0.39 is 18.9 Å². The van der Waals surface area contributed by atoms with E-state index >= 15 is 0 Å². The molecule has 0 radical (unpaired) electrons. The summed E-state index contributed by atoms with van der Waals surface area (Å²) >= 11 is 0. The molecule has 0 spiro atoms. The van der Waals surface area contributed by atoms with Gasteiger partial charge in [-0.2, -0.15) is 0 Å². The second-order valence-electron chi connectivity index (χ2n) is 6.58. The lowest BCUT2D eigenvalue weighted by Gasteiger charge is -2.11. The van der Waals surface area contributed by atoms with Gasteiger partial charge in [-0.25, -0.2) is 23.7 Å². The van der Waals surface area contributed by atoms with E-state index in [1.54, 1.807) is 6.07 Å². The topological polar surface area (TPSA) is 106 Å². The van der Waals surface area contributed by atoms with E-state index in [0.717, 1.165) is 12.8 Å². The summed E-state index contributed by atoms with van der Waals surface area (Å²) < 4.78 is 29.6. The van der Waals surface area contributed by atoms with Gasteiger partial charge in [-0.3, -0.25) is 14.9 Å². The zero-order valence-corrected chi connectivity index (χ0v) is 15.8. The Morgan fingerprint density at radius 1 is 1.31 bits per heavy atom. The van der Waals surface area contributed by atoms with E-state index in [1.165, 1.54) is 18.5 Å². The number of halogens is 2. The van der Waals surface area contributed by atoms with Crippen LogP contribution in [0, 0.1) is 5.92 Å². The van der Waals surface area contributed by atoms with Crippen molar-refractivity contribution in [2.75, 3.05) is 11.9 Å². The first-order valence-electron chi connectivity index (χ1n) is 9.27. The number of ether oxygens (including phenoxy) is 1. The third-order valence-corrected chi connectivity index (χ3v) is 4.23. The van der Waals surface area contributed by atoms with Crippen LogP contribution in [0.25, 0.3) is 0 Å². The zero-order valence-electron chi connectivity index (χ0n) is 15.8. The molecule has 29 heavy (non-hydrogen) atoms. The summed E-state index contributed by atoms with van der Waals surface area (Å²) in [6, 6.07) is 3.19. The molecule has 154 valence electrons. The van der Waals surface area contributed by atoms with Gasteiger partial charge in [0.15, 0.2) is 6.61 Å². The number of carbonyl (C=O) groups is 2. The van der Waals surface area contributed by atoms with Crippen LogP contribution < -0.4 is 15.4 Å². The van der Waals surface area contributed by atoms with Crippen molar-refractivity contribution in [2.24, 2.45) is 5.92 Å². The summed E-state index contributed by atoms with van der Waals surface area (Å²) in [5.41, 5.74) is 1.48. The normalized spacial score (nSPS) is 13.2. The monoisotopic (exact) mass is 405 g/mol. The molecule has 8 nitrogen and oxygen atoms in total. The van der Waals surface area contributed by atoms with Crippen LogP contribution in [0.2, 0.25) is 0 Å². The van der Waals surface area contributed by atoms with Gasteiger partial charge in [-0.15, -0.1) is 0 Å². The number of amides is 2. The van der Waals surface area contributed by atoms with Gasteiger partial charge in [-0.05, 0) is 37.0 Å². The van der Waals surface area contributed by atoms with Crippen LogP contribution in [0.1, 0.15) is 41.4 Å². The summed E-state index contributed by atoms with van der Waals surface area (Å²) in [4.78, 5) is 36.2. The highest BCUT2D eigenvalue weighted by Crippen LogP contribution is 2.29. The van der Waals surface area contributed by atoms with Crippen molar-refractivity contribution in [3.8, 4) is 5.88 Å². The minimum atomic E-state index is -2.58. The van der Waals surface area contributed by atoms with Crippen molar-refractivity contribution in [3.05, 3.63) is 41.3 Å². The average Bonchev–Trinajstić information content (AvgIpc) is 3.56. The largest absolute Gasteiger partial charge is 0.471 e. The van der Waals surface area contributed by atoms with Crippen LogP contribution in [0.4, 0.5) is 14.7 Å². The van der Waals surface area contributed by atoms with Gasteiger partial charge >= 0.3 is 0 Å². The number of alkyl halides is 2. The summed E-state index contributed by atoms with van der Waals surface area (Å²) in [6.45, 7) is 1.30. The molecule has 2 N–H and O–H groups in total. The molecule has 1 saturated carbocycles. The number of hydrogen-bond donors (Lipinski definition) is 2. The fourth-order valence-electron chi connectivity index (χ4n) is 2.55. The van der Waals surface area contributed by atoms with Crippen LogP contribution in [0.3, 0.4) is 0 Å². The number of nitrogens with one attached hydrogen (secondary N) is 2. The first kappa shape index (κ1) is 20.6. The highest BCUT2D eigenvalue weighted by atomic mass is 19.3. The number of pyridine rings is 1. The molecule has 0 aliphatic heterocycles. The molecule has 2 amide bonds. The summed E-state index contributed by atoms with van der Waals surface area (Å²) in [5.74, 6) is -0.330. The third kappa shape index (κ3) is 5.90. The van der Waals surface area contributed by atoms with E-state index in [2.05, 4.69) is 25.6 Å². The Morgan fingerprint density at radius 3 is 2.79 bits per heavy atom. The minimum absolute atomic E-state index is 0.00369. The Morgan fingerprint density at radius 2 is 2.10 bits per heavy atom. The smallest absolute Gasteiger partial charge is 0.272 e. The molecule has 10 heteroatoms. The molecule has 3 rings (SSSR count). The number of aromatic nitrogens is 3. The summed E-state index contributed by atoms with van der Waals surface area (Å²) in [5, 5.41) is 5.30. The molecule has 2 aromatic rings. The van der Waals surface area contributed by atoms with Crippen LogP contribution >= 0.6 is 0 Å². The number of hydrogen-bond acceptors (Lipinski definition) is 6. The van der Waals surface area contributed by atoms with E-state index in [9.17, 15) is 18.4 Å². The lowest BCUT2D eigenvalue weighted by atomic mass is 10.1. The van der Waals surface area contributed by atoms with Crippen molar-refractivity contribution >= 4 is 17.8 Å². The van der Waals surface area contributed by atoms with Gasteiger partial charge in [-0.1, -0.05) is 6.92 Å². The maximum absolute atomic E-state index is 12.4. The van der Waals surface area contributed by atoms with E-state index in [-0.39, 0.29) is 35.9 Å². The first-order valence-corrected chi connectivity index (χ1v) is 9.27. The highest BCUT2D eigenvalue weighted by molar-refractivity contribution is 5.94. The quantitative estimate of drug-likeness (QED) is 0.663. The number of nitrogens with zero attached hydrogens (tertiary/aromatic N) is 3. The second-order valence-corrected chi connectivity index (χ2v) is 6.58. The maximum atomic E-state index is 12.4. The van der Waals surface area contributed by atoms with Gasteiger partial charge in [0.05, 0.1) is 0 Å². The second kappa shape index (κ2) is 9.35. The molecule has 1 fully saturated rings. The Labute approximate surface area is 166 Å². The van der Waals surface area contributed by atoms with Crippen molar-refractivity contribution in [1.29, 1.82) is 0 Å². The van der Waals surface area contributed by atoms with Gasteiger partial charge in [0, 0.05) is 30.4 Å². The number of rotatable bonds is 9.